The number of aryl methyl sites for hydroxylation is 3. The molecule has 0 unspecified atom stereocenters. The maximum atomic E-state index is 12.2. The fourth-order valence-corrected chi connectivity index (χ4v) is 18.1. The van der Waals surface area contributed by atoms with E-state index in [0.29, 0.717) is 16.7 Å². The predicted molar refractivity (Wildman–Crippen MR) is 473 cm³/mol. The second-order valence-electron chi connectivity index (χ2n) is 35.7. The molecule has 114 heavy (non-hydrogen) atoms. The van der Waals surface area contributed by atoms with Crippen molar-refractivity contribution in [3.8, 4) is 119 Å². The number of nitrogens with zero attached hydrogens (tertiary/aromatic N) is 3. The van der Waals surface area contributed by atoms with Gasteiger partial charge in [0, 0.05) is 118 Å². The van der Waals surface area contributed by atoms with Crippen LogP contribution in [0.15, 0.2) is 197 Å². The van der Waals surface area contributed by atoms with Gasteiger partial charge in [-0.15, -0.1) is 0 Å². The van der Waals surface area contributed by atoms with Crippen LogP contribution in [0.25, 0.3) is 66.8 Å². The summed E-state index contributed by atoms with van der Waals surface area (Å²) in [6.45, 7) is 46.3. The molecule has 9 nitrogen and oxygen atoms in total. The molecule has 0 aliphatic carbocycles. The first-order chi connectivity index (χ1) is 54.2. The minimum absolute atomic E-state index is 0.0660. The van der Waals surface area contributed by atoms with Gasteiger partial charge in [0.15, 0.2) is 0 Å². The number of aromatic hydroxyl groups is 3. The van der Waals surface area contributed by atoms with Gasteiger partial charge in [0.05, 0.1) is 17.1 Å². The van der Waals surface area contributed by atoms with Gasteiger partial charge >= 0.3 is 0 Å². The van der Waals surface area contributed by atoms with Gasteiger partial charge in [0.2, 0.25) is 0 Å². The normalized spacial score (nSPS) is 14.6. The Morgan fingerprint density at radius 1 is 0.254 bits per heavy atom. The Morgan fingerprint density at radius 3 is 0.605 bits per heavy atom. The smallest absolute Gasteiger partial charge is 0.139 e. The van der Waals surface area contributed by atoms with Crippen LogP contribution in [0.5, 0.6) is 51.7 Å². The topological polar surface area (TPSA) is 125 Å². The van der Waals surface area contributed by atoms with Crippen LogP contribution in [0, 0.1) is 20.8 Å². The van der Waals surface area contributed by atoms with E-state index in [4.69, 9.17) is 29.2 Å². The zero-order valence-electron chi connectivity index (χ0n) is 69.9. The molecule has 0 atom stereocenters. The number of hydrogen-bond donors (Lipinski definition) is 3. The van der Waals surface area contributed by atoms with Crippen LogP contribution in [-0.2, 0) is 16.2 Å². The molecule has 7 aliphatic rings. The molecule has 12 aromatic carbocycles. The highest BCUT2D eigenvalue weighted by molar-refractivity contribution is 5.96. The lowest BCUT2D eigenvalue weighted by Crippen LogP contribution is -2.25. The summed E-state index contributed by atoms with van der Waals surface area (Å²) >= 11 is 0. The number of benzene rings is 12. The summed E-state index contributed by atoms with van der Waals surface area (Å²) in [5.41, 5.74) is 29.5. The van der Waals surface area contributed by atoms with E-state index in [1.165, 1.54) is 0 Å². The van der Waals surface area contributed by atoms with Gasteiger partial charge in [-0.05, 0) is 213 Å². The lowest BCUT2D eigenvalue weighted by molar-refractivity contribution is 0.421. The molecule has 0 spiro atoms. The van der Waals surface area contributed by atoms with Gasteiger partial charge in [-0.2, -0.15) is 0 Å². The Labute approximate surface area is 673 Å². The van der Waals surface area contributed by atoms with Crippen molar-refractivity contribution in [1.82, 2.24) is 0 Å². The number of aliphatic imine (C=N–C) groups is 3. The number of phenols is 3. The third-order valence-corrected chi connectivity index (χ3v) is 24.8. The molecule has 3 N–H and O–H groups in total. The van der Waals surface area contributed by atoms with Gasteiger partial charge in [-0.25, -0.2) is 0 Å². The largest absolute Gasteiger partial charge is 0.507 e. The van der Waals surface area contributed by atoms with E-state index in [1.54, 1.807) is 0 Å². The van der Waals surface area contributed by atoms with Crippen LogP contribution < -0.4 is 14.2 Å². The molecular weight excluding hydrogens is 1400 g/mol. The van der Waals surface area contributed by atoms with Crippen molar-refractivity contribution < 1.29 is 29.5 Å². The predicted octanol–water partition coefficient (Wildman–Crippen LogP) is 29.3. The highest BCUT2D eigenvalue weighted by Gasteiger charge is 2.42. The molecule has 576 valence electrons. The van der Waals surface area contributed by atoms with E-state index in [2.05, 4.69) is 288 Å². The molecule has 9 heteroatoms. The standard InChI is InChI=1S/C105H105N3O6/c1-55(2)79-46-67-47-80(56(3)4)91(79)106-52-70-43-64(40-61(13)94(70)109)73-28-22-35-86-98(73)113-101-77(32-26-38-89(101)104(86,18)19)68-48-81(57(5)6)93(82(49-68)58(7)8)108-54-72-45-66(42-63(15)96(72)111)75-30-24-36-87-99(75)114-102-78(33-27-39-90(102)105(87,20)21)69-50-83(59(9)10)92(84(51-69)60(11)12)107-53-71-44-65(41-62(14)95(71)110)74-29-23-34-85-97(74)112-100-76(67)31-25-37-88(100)103(85,16)17/h22-60,109-111H,1-21H3. The van der Waals surface area contributed by atoms with Crippen molar-refractivity contribution in [2.75, 3.05) is 0 Å². The summed E-state index contributed by atoms with van der Waals surface area (Å²) in [6, 6.07) is 64.9. The van der Waals surface area contributed by atoms with E-state index in [0.717, 1.165) is 202 Å². The van der Waals surface area contributed by atoms with E-state index in [9.17, 15) is 15.3 Å². The number of ether oxygens (including phenoxy) is 3. The molecule has 19 rings (SSSR count). The zero-order chi connectivity index (χ0) is 80.8. The third-order valence-electron chi connectivity index (χ3n) is 24.8. The molecule has 0 radical (unpaired) electrons. The first kappa shape index (κ1) is 76.4. The van der Waals surface area contributed by atoms with Gasteiger partial charge in [-0.3, -0.25) is 15.0 Å². The molecule has 0 aromatic heterocycles. The highest BCUT2D eigenvalue weighted by atomic mass is 16.5. The maximum absolute atomic E-state index is 12.2. The number of para-hydroxylation sites is 6. The molecule has 12 aromatic rings. The van der Waals surface area contributed by atoms with Crippen LogP contribution in [0.2, 0.25) is 0 Å². The summed E-state index contributed by atoms with van der Waals surface area (Å²) in [5, 5.41) is 36.6. The fourth-order valence-electron chi connectivity index (χ4n) is 18.1. The quantitative estimate of drug-likeness (QED) is 0.152. The van der Waals surface area contributed by atoms with Crippen LogP contribution in [-0.4, -0.2) is 34.0 Å². The van der Waals surface area contributed by atoms with Crippen molar-refractivity contribution in [2.24, 2.45) is 15.0 Å². The fraction of sp³-hybridized carbons (Fsp3) is 0.286. The maximum Gasteiger partial charge on any atom is 0.139 e. The Hall–Kier alpha value is -11.6. The van der Waals surface area contributed by atoms with Crippen molar-refractivity contribution in [3.63, 3.8) is 0 Å². The van der Waals surface area contributed by atoms with Gasteiger partial charge in [-0.1, -0.05) is 234 Å². The van der Waals surface area contributed by atoms with Crippen LogP contribution in [0.4, 0.5) is 17.1 Å². The summed E-state index contributed by atoms with van der Waals surface area (Å²) in [6.07, 6.45) is 5.53. The van der Waals surface area contributed by atoms with Gasteiger partial charge < -0.3 is 29.5 Å². The van der Waals surface area contributed by atoms with Gasteiger partial charge in [0.25, 0.3) is 0 Å². The molecule has 7 heterocycles. The SMILES string of the molecule is Cc1cc2cc(c1O)C=Nc1c(C(C)C)cc(cc1C(C)C)-c1cccc3c1Oc1c(cccc1C3(C)C)-c1cc(C)c(O)c(c1)C=Nc1c(C(C)C)cc(cc1C(C)C)-c1cccc3c1Oc1c(cccc1C3(C)C)-c1cc(C)c(O)c(c1)C=Nc1c(C(C)C)cc(cc1C(C)C)-c1cccc3c1Oc1c-2cccc1C3(C)C. The summed E-state index contributed by atoms with van der Waals surface area (Å²) < 4.78 is 22.5. The van der Waals surface area contributed by atoms with Crippen molar-refractivity contribution in [3.05, 3.63) is 282 Å². The van der Waals surface area contributed by atoms with Gasteiger partial charge in [0.1, 0.15) is 51.7 Å². The molecule has 18 bridgehead atoms. The second kappa shape index (κ2) is 28.5. The molecule has 0 fully saturated rings. The third kappa shape index (κ3) is 12.7. The molecule has 0 saturated heterocycles. The monoisotopic (exact) mass is 1500 g/mol. The Balaban J connectivity index is 0.898. The Kier molecular flexibility index (Phi) is 19.1. The Bertz CT molecular complexity index is 5410. The van der Waals surface area contributed by atoms with Crippen molar-refractivity contribution in [2.45, 2.75) is 197 Å². The lowest BCUT2D eigenvalue weighted by atomic mass is 9.73. The molecule has 7 aliphatic heterocycles. The number of hydrogen-bond acceptors (Lipinski definition) is 9. The van der Waals surface area contributed by atoms with E-state index in [-0.39, 0.29) is 52.8 Å². The van der Waals surface area contributed by atoms with E-state index in [1.807, 2.05) is 57.6 Å². The summed E-state index contributed by atoms with van der Waals surface area (Å²) in [5.74, 6) is 5.59. The van der Waals surface area contributed by atoms with Crippen LogP contribution >= 0.6 is 0 Å². The molecule has 0 saturated carbocycles. The minimum Gasteiger partial charge on any atom is -0.507 e. The minimum atomic E-state index is -0.483. The second-order valence-corrected chi connectivity index (χ2v) is 35.7. The first-order valence-corrected chi connectivity index (χ1v) is 40.8. The van der Waals surface area contributed by atoms with Crippen LogP contribution in [0.1, 0.15) is 260 Å². The number of phenolic OH excluding ortho intramolecular Hbond substituents is 3. The van der Waals surface area contributed by atoms with E-state index < -0.39 is 16.2 Å². The van der Waals surface area contributed by atoms with Crippen LogP contribution in [0.3, 0.4) is 0 Å². The lowest BCUT2D eigenvalue weighted by Gasteiger charge is -2.36. The Morgan fingerprint density at radius 2 is 0.430 bits per heavy atom. The average Bonchev–Trinajstić information content (AvgIpc) is 0.733. The summed E-state index contributed by atoms with van der Waals surface area (Å²) in [7, 11) is 0. The number of rotatable bonds is 6. The number of fused-ring (bicyclic) bond motifs is 3. The van der Waals surface area contributed by atoms with E-state index >= 15 is 0 Å². The highest BCUT2D eigenvalue weighted by Crippen LogP contribution is 2.60. The molecular formula is C105H105N3O6. The van der Waals surface area contributed by atoms with Crippen molar-refractivity contribution in [1.29, 1.82) is 0 Å². The average molecular weight is 1510 g/mol. The zero-order valence-corrected chi connectivity index (χ0v) is 69.9. The first-order valence-electron chi connectivity index (χ1n) is 40.8. The van der Waals surface area contributed by atoms with Crippen molar-refractivity contribution >= 4 is 35.7 Å². The summed E-state index contributed by atoms with van der Waals surface area (Å²) in [4.78, 5) is 16.4. The molecule has 0 amide bonds.